The van der Waals surface area contributed by atoms with E-state index >= 15 is 4.39 Å². The van der Waals surface area contributed by atoms with Gasteiger partial charge >= 0.3 is 24.6 Å². The molecule has 50 heavy (non-hydrogen) atoms. The molecule has 2 heterocycles. The number of aryl methyl sites for hydroxylation is 1. The van der Waals surface area contributed by atoms with Crippen LogP contribution in [-0.4, -0.2) is 57.7 Å². The highest BCUT2D eigenvalue weighted by Crippen LogP contribution is 2.43. The fraction of sp³-hybridized carbons (Fsp3) is 0.548. The van der Waals surface area contributed by atoms with Crippen LogP contribution in [0.2, 0.25) is 0 Å². The zero-order chi connectivity index (χ0) is 37.1. The lowest BCUT2D eigenvalue weighted by atomic mass is 9.76. The number of tetrazole rings is 1. The zero-order valence-electron chi connectivity index (χ0n) is 27.1. The predicted octanol–water partition coefficient (Wildman–Crippen LogP) is 7.17. The smallest absolute Gasteiger partial charge is 0.416 e. The molecule has 2 aromatic carbocycles. The number of amides is 1. The molecule has 1 saturated heterocycles. The van der Waals surface area contributed by atoms with Gasteiger partial charge in [-0.05, 0) is 91.5 Å². The number of alkyl halides is 10. The maximum absolute atomic E-state index is 16.7. The largest absolute Gasteiger partial charge is 0.442 e. The van der Waals surface area contributed by atoms with Gasteiger partial charge < -0.3 is 20.3 Å². The minimum absolute atomic E-state index is 0.0480. The van der Waals surface area contributed by atoms with Crippen LogP contribution in [0.5, 0.6) is 0 Å². The van der Waals surface area contributed by atoms with Gasteiger partial charge in [0.1, 0.15) is 6.10 Å². The van der Waals surface area contributed by atoms with Crippen molar-refractivity contribution < 1.29 is 53.4 Å². The molecule has 2 N–H and O–H groups in total. The van der Waals surface area contributed by atoms with Crippen molar-refractivity contribution in [2.45, 2.75) is 82.4 Å². The highest BCUT2D eigenvalue weighted by Gasteiger charge is 2.48. The van der Waals surface area contributed by atoms with E-state index in [0.29, 0.717) is 12.1 Å². The van der Waals surface area contributed by atoms with Crippen molar-refractivity contribution >= 4 is 12.0 Å². The quantitative estimate of drug-likeness (QED) is 0.202. The van der Waals surface area contributed by atoms with Crippen molar-refractivity contribution in [3.05, 3.63) is 69.8 Å². The number of rotatable bonds is 11. The van der Waals surface area contributed by atoms with E-state index in [9.17, 15) is 44.3 Å². The molecule has 19 heteroatoms. The Labute approximate surface area is 280 Å². The lowest BCUT2D eigenvalue weighted by Crippen LogP contribution is -2.52. The molecule has 0 aliphatic carbocycles. The van der Waals surface area contributed by atoms with Gasteiger partial charge in [-0.25, -0.2) is 9.18 Å². The molecule has 2 atom stereocenters. The van der Waals surface area contributed by atoms with Crippen LogP contribution in [0, 0.1) is 0 Å². The Bertz CT molecular complexity index is 1590. The predicted molar refractivity (Wildman–Crippen MR) is 159 cm³/mol. The number of alkyl carbamates (subject to hydrolysis) is 1. The molecule has 1 fully saturated rings. The number of nitrogens with one attached hydrogen (secondary N) is 2. The monoisotopic (exact) mass is 727 g/mol. The van der Waals surface area contributed by atoms with E-state index in [1.807, 2.05) is 0 Å². The molecule has 9 nitrogen and oxygen atoms in total. The number of carbonyl (C=O) groups is 1. The molecule has 0 radical (unpaired) electrons. The first-order valence-corrected chi connectivity index (χ1v) is 15.6. The van der Waals surface area contributed by atoms with Gasteiger partial charge in [-0.2, -0.15) is 44.3 Å². The molecule has 1 aliphatic heterocycles. The minimum atomic E-state index is -5.16. The lowest BCUT2D eigenvalue weighted by Gasteiger charge is -2.41. The Hall–Kier alpha value is -4.16. The number of ether oxygens (including phenoxy) is 1. The van der Waals surface area contributed by atoms with E-state index in [4.69, 9.17) is 4.74 Å². The summed E-state index contributed by atoms with van der Waals surface area (Å²) in [5.74, 6) is -1.37. The molecule has 276 valence electrons. The van der Waals surface area contributed by atoms with E-state index in [2.05, 4.69) is 26.0 Å². The van der Waals surface area contributed by atoms with Crippen molar-refractivity contribution in [1.82, 2.24) is 30.8 Å². The van der Waals surface area contributed by atoms with E-state index in [0.717, 1.165) is 27.9 Å². The number of aromatic nitrogens is 4. The Balaban J connectivity index is 1.88. The van der Waals surface area contributed by atoms with E-state index in [1.165, 1.54) is 7.05 Å². The molecule has 0 bridgehead atoms. The number of carbonyl (C=O) groups excluding carboxylic acids is 1. The highest BCUT2D eigenvalue weighted by atomic mass is 19.4. The van der Waals surface area contributed by atoms with Gasteiger partial charge in [0.2, 0.25) is 0 Å². The van der Waals surface area contributed by atoms with Gasteiger partial charge in [-0.1, -0.05) is 18.1 Å². The van der Waals surface area contributed by atoms with Crippen molar-refractivity contribution in [2.24, 2.45) is 7.05 Å². The number of piperidine rings is 1. The number of hydrogen-bond acceptors (Lipinski definition) is 7. The summed E-state index contributed by atoms with van der Waals surface area (Å²) in [6, 6.07) is 3.56. The Morgan fingerprint density at radius 1 is 0.940 bits per heavy atom. The summed E-state index contributed by atoms with van der Waals surface area (Å²) in [4.78, 5) is 14.7. The Kier molecular flexibility index (Phi) is 11.6. The average molecular weight is 728 g/mol. The maximum Gasteiger partial charge on any atom is 0.416 e. The standard InChI is InChI=1S/C31H35F10N7O2/c1-4-23(25(50-27(49)43-5-2)28(32)8-10-42-11-9-28)24-7-6-20(29(33,34)35)14-19(24)17-48(26-44-46-47(3)45-26)16-18-12-21(30(36,37)38)15-22(13-18)31(39,40)41/h6-7,12-15,23,25,42H,4-5,8-11,16-17H2,1-3H3,(H,43,49). The molecule has 4 rings (SSSR count). The Morgan fingerprint density at radius 2 is 1.54 bits per heavy atom. The van der Waals surface area contributed by atoms with Gasteiger partial charge in [0, 0.05) is 25.6 Å². The number of benzene rings is 2. The first kappa shape index (κ1) is 38.6. The summed E-state index contributed by atoms with van der Waals surface area (Å²) in [7, 11) is 1.33. The normalized spacial score (nSPS) is 16.5. The van der Waals surface area contributed by atoms with Crippen LogP contribution in [0.1, 0.15) is 72.4 Å². The highest BCUT2D eigenvalue weighted by molar-refractivity contribution is 5.67. The Morgan fingerprint density at radius 3 is 2.04 bits per heavy atom. The zero-order valence-corrected chi connectivity index (χ0v) is 27.1. The van der Waals surface area contributed by atoms with Gasteiger partial charge in [0.05, 0.1) is 23.7 Å². The topological polar surface area (TPSA) is 97.2 Å². The molecule has 2 unspecified atom stereocenters. The van der Waals surface area contributed by atoms with Crippen molar-refractivity contribution in [1.29, 1.82) is 0 Å². The molecule has 1 aliphatic rings. The third kappa shape index (κ3) is 9.33. The number of hydrogen-bond donors (Lipinski definition) is 2. The maximum atomic E-state index is 16.7. The summed E-state index contributed by atoms with van der Waals surface area (Å²) in [5.41, 5.74) is -6.95. The van der Waals surface area contributed by atoms with Crippen molar-refractivity contribution in [3.63, 3.8) is 0 Å². The second kappa shape index (κ2) is 15.0. The first-order valence-electron chi connectivity index (χ1n) is 15.6. The van der Waals surface area contributed by atoms with E-state index in [-0.39, 0.29) is 62.0 Å². The van der Waals surface area contributed by atoms with Crippen LogP contribution >= 0.6 is 0 Å². The number of halogens is 10. The molecule has 0 saturated carbocycles. The van der Waals surface area contributed by atoms with Crippen molar-refractivity contribution in [2.75, 3.05) is 24.5 Å². The summed E-state index contributed by atoms with van der Waals surface area (Å²) < 4.78 is 147. The van der Waals surface area contributed by atoms with Crippen LogP contribution in [0.25, 0.3) is 0 Å². The third-order valence-electron chi connectivity index (χ3n) is 8.34. The third-order valence-corrected chi connectivity index (χ3v) is 8.34. The van der Waals surface area contributed by atoms with Crippen LogP contribution in [0.3, 0.4) is 0 Å². The second-order valence-electron chi connectivity index (χ2n) is 11.9. The van der Waals surface area contributed by atoms with Gasteiger partial charge in [-0.3, -0.25) is 0 Å². The number of nitrogens with zero attached hydrogens (tertiary/aromatic N) is 5. The van der Waals surface area contributed by atoms with Crippen LogP contribution in [-0.2, 0) is 43.4 Å². The summed E-state index contributed by atoms with van der Waals surface area (Å²) in [6.07, 6.45) is -17.7. The van der Waals surface area contributed by atoms with Gasteiger partial charge in [0.15, 0.2) is 5.67 Å². The first-order chi connectivity index (χ1) is 23.2. The van der Waals surface area contributed by atoms with E-state index in [1.54, 1.807) is 13.8 Å². The molecular weight excluding hydrogens is 692 g/mol. The average Bonchev–Trinajstić information content (AvgIpc) is 3.46. The molecule has 1 amide bonds. The summed E-state index contributed by atoms with van der Waals surface area (Å²) in [6.45, 7) is 2.48. The van der Waals surface area contributed by atoms with Gasteiger partial charge in [-0.15, -0.1) is 5.10 Å². The summed E-state index contributed by atoms with van der Waals surface area (Å²) >= 11 is 0. The fourth-order valence-corrected chi connectivity index (χ4v) is 5.99. The molecule has 0 spiro atoms. The van der Waals surface area contributed by atoms with Crippen molar-refractivity contribution in [3.8, 4) is 0 Å². The fourth-order valence-electron chi connectivity index (χ4n) is 5.99. The molecular formula is C31H35F10N7O2. The van der Waals surface area contributed by atoms with E-state index < -0.39 is 77.7 Å². The lowest BCUT2D eigenvalue weighted by molar-refractivity contribution is -0.143. The number of anilines is 1. The van der Waals surface area contributed by atoms with Crippen LogP contribution in [0.15, 0.2) is 36.4 Å². The summed E-state index contributed by atoms with van der Waals surface area (Å²) in [5, 5.41) is 16.9. The van der Waals surface area contributed by atoms with Gasteiger partial charge in [0.25, 0.3) is 5.95 Å². The second-order valence-corrected chi connectivity index (χ2v) is 11.9. The molecule has 3 aromatic rings. The van der Waals surface area contributed by atoms with Crippen LogP contribution < -0.4 is 15.5 Å². The SMILES string of the molecule is CCNC(=O)OC(C(CC)c1ccc(C(F)(F)F)cc1CN(Cc1cc(C(F)(F)F)cc(C(F)(F)F)c1)c1nnn(C)n1)C1(F)CCNCC1. The molecule has 1 aromatic heterocycles. The minimum Gasteiger partial charge on any atom is -0.442 e. The van der Waals surface area contributed by atoms with Crippen LogP contribution in [0.4, 0.5) is 54.6 Å².